The molecule has 0 amide bonds. The fourth-order valence-electron chi connectivity index (χ4n) is 3.17. The van der Waals surface area contributed by atoms with Crippen molar-refractivity contribution >= 4 is 60.3 Å². The van der Waals surface area contributed by atoms with Crippen LogP contribution < -0.4 is 8.92 Å². The monoisotopic (exact) mass is 557 g/mol. The van der Waals surface area contributed by atoms with Crippen LogP contribution in [0.1, 0.15) is 18.3 Å². The molecule has 0 bridgehead atoms. The quantitative estimate of drug-likeness (QED) is 0.214. The van der Waals surface area contributed by atoms with E-state index < -0.39 is 10.1 Å². The normalized spacial score (nSPS) is 11.9. The van der Waals surface area contributed by atoms with Gasteiger partial charge in [0.2, 0.25) is 0 Å². The average molecular weight is 559 g/mol. The van der Waals surface area contributed by atoms with E-state index in [1.807, 2.05) is 24.3 Å². The van der Waals surface area contributed by atoms with E-state index in [2.05, 4.69) is 32.0 Å². The predicted octanol–water partition coefficient (Wildman–Crippen LogP) is 6.21. The molecule has 1 N–H and O–H groups in total. The van der Waals surface area contributed by atoms with Gasteiger partial charge in [-0.1, -0.05) is 23.7 Å². The van der Waals surface area contributed by atoms with E-state index in [1.54, 1.807) is 25.1 Å². The maximum absolute atomic E-state index is 12.8. The number of para-hydroxylation sites is 2. The Morgan fingerprint density at radius 1 is 1.21 bits per heavy atom. The SMILES string of the molecule is CCOc1cc(/C=C(\C#N)c2nc3ccccc3[nH]2)cc(Br)c1OS(=O)(=O)c1ccc(Cl)cc1. The second-order valence-corrected chi connectivity index (χ2v) is 9.86. The molecule has 1 aromatic heterocycles. The zero-order valence-corrected chi connectivity index (χ0v) is 20.9. The van der Waals surface area contributed by atoms with E-state index in [0.29, 0.717) is 26.5 Å². The Morgan fingerprint density at radius 2 is 1.94 bits per heavy atom. The van der Waals surface area contributed by atoms with Crippen LogP contribution in [0.2, 0.25) is 5.02 Å². The van der Waals surface area contributed by atoms with Gasteiger partial charge in [-0.3, -0.25) is 0 Å². The van der Waals surface area contributed by atoms with Gasteiger partial charge in [-0.2, -0.15) is 13.7 Å². The molecule has 0 saturated heterocycles. The van der Waals surface area contributed by atoms with Crippen molar-refractivity contribution in [2.45, 2.75) is 11.8 Å². The van der Waals surface area contributed by atoms with Crippen molar-refractivity contribution in [3.8, 4) is 17.6 Å². The van der Waals surface area contributed by atoms with Gasteiger partial charge < -0.3 is 13.9 Å². The summed E-state index contributed by atoms with van der Waals surface area (Å²) < 4.78 is 37.0. The molecule has 0 aliphatic heterocycles. The van der Waals surface area contributed by atoms with Gasteiger partial charge in [-0.05, 0) is 83.0 Å². The second kappa shape index (κ2) is 9.89. The molecule has 4 aromatic rings. The van der Waals surface area contributed by atoms with E-state index in [0.717, 1.165) is 11.0 Å². The Hall–Kier alpha value is -3.32. The number of nitriles is 1. The molecule has 4 rings (SSSR count). The van der Waals surface area contributed by atoms with E-state index in [9.17, 15) is 13.7 Å². The van der Waals surface area contributed by atoms with Crippen LogP contribution in [0.15, 0.2) is 70.0 Å². The topological polar surface area (TPSA) is 105 Å². The van der Waals surface area contributed by atoms with E-state index in [4.69, 9.17) is 20.5 Å². The largest absolute Gasteiger partial charge is 0.490 e. The Kier molecular flexibility index (Phi) is 6.93. The van der Waals surface area contributed by atoms with Crippen LogP contribution in [0, 0.1) is 11.3 Å². The Morgan fingerprint density at radius 3 is 2.62 bits per heavy atom. The fraction of sp³-hybridized carbons (Fsp3) is 0.0833. The lowest BCUT2D eigenvalue weighted by Gasteiger charge is -2.14. The lowest BCUT2D eigenvalue weighted by molar-refractivity contribution is 0.327. The van der Waals surface area contributed by atoms with E-state index >= 15 is 0 Å². The number of aromatic nitrogens is 2. The van der Waals surface area contributed by atoms with Gasteiger partial charge in [0, 0.05) is 5.02 Å². The third-order valence-corrected chi connectivity index (χ3v) is 6.78. The van der Waals surface area contributed by atoms with Gasteiger partial charge in [-0.25, -0.2) is 4.98 Å². The predicted molar refractivity (Wildman–Crippen MR) is 134 cm³/mol. The summed E-state index contributed by atoms with van der Waals surface area (Å²) in [4.78, 5) is 7.54. The van der Waals surface area contributed by atoms with Crippen molar-refractivity contribution < 1.29 is 17.3 Å². The minimum absolute atomic E-state index is 0.00352. The zero-order valence-electron chi connectivity index (χ0n) is 17.7. The molecule has 0 radical (unpaired) electrons. The molecule has 0 unspecified atom stereocenters. The number of fused-ring (bicyclic) bond motifs is 1. The van der Waals surface area contributed by atoms with Crippen molar-refractivity contribution in [3.63, 3.8) is 0 Å². The van der Waals surface area contributed by atoms with Gasteiger partial charge in [-0.15, -0.1) is 0 Å². The summed E-state index contributed by atoms with van der Waals surface area (Å²) in [6.07, 6.45) is 1.63. The van der Waals surface area contributed by atoms with Gasteiger partial charge in [0.1, 0.15) is 16.8 Å². The first-order valence-corrected chi connectivity index (χ1v) is 12.6. The standard InChI is InChI=1S/C24H17BrClN3O4S/c1-2-32-22-13-15(11-16(14-27)24-28-20-5-3-4-6-21(20)29-24)12-19(25)23(22)33-34(30,31)18-9-7-17(26)8-10-18/h3-13H,2H2,1H3,(H,28,29)/b16-11+. The highest BCUT2D eigenvalue weighted by molar-refractivity contribution is 9.10. The number of H-pyrrole nitrogens is 1. The Bertz CT molecular complexity index is 1510. The third kappa shape index (κ3) is 5.09. The van der Waals surface area contributed by atoms with Crippen molar-refractivity contribution in [3.05, 3.63) is 81.5 Å². The first kappa shape index (κ1) is 23.8. The minimum Gasteiger partial charge on any atom is -0.490 e. The molecular weight excluding hydrogens is 542 g/mol. The lowest BCUT2D eigenvalue weighted by atomic mass is 10.1. The summed E-state index contributed by atoms with van der Waals surface area (Å²) in [6, 6.07) is 18.5. The Balaban J connectivity index is 1.73. The van der Waals surface area contributed by atoms with Gasteiger partial charge in [0.05, 0.1) is 27.7 Å². The summed E-state index contributed by atoms with van der Waals surface area (Å²) in [5, 5.41) is 10.1. The number of hydrogen-bond donors (Lipinski definition) is 1. The lowest BCUT2D eigenvalue weighted by Crippen LogP contribution is -2.11. The van der Waals surface area contributed by atoms with Crippen LogP contribution >= 0.6 is 27.5 Å². The maximum Gasteiger partial charge on any atom is 0.339 e. The summed E-state index contributed by atoms with van der Waals surface area (Å²) in [7, 11) is -4.14. The summed E-state index contributed by atoms with van der Waals surface area (Å²) in [6.45, 7) is 2.04. The van der Waals surface area contributed by atoms with Crippen molar-refractivity contribution in [2.24, 2.45) is 0 Å². The van der Waals surface area contributed by atoms with Gasteiger partial charge in [0.15, 0.2) is 11.5 Å². The number of aromatic amines is 1. The van der Waals surface area contributed by atoms with E-state index in [-0.39, 0.29) is 23.0 Å². The number of benzene rings is 3. The number of rotatable bonds is 7. The number of hydrogen-bond acceptors (Lipinski definition) is 6. The van der Waals surface area contributed by atoms with Gasteiger partial charge in [0.25, 0.3) is 0 Å². The first-order valence-electron chi connectivity index (χ1n) is 10.0. The molecule has 0 aliphatic carbocycles. The average Bonchev–Trinajstić information content (AvgIpc) is 3.24. The van der Waals surface area contributed by atoms with Crippen LogP contribution in [-0.2, 0) is 10.1 Å². The molecular formula is C24H17BrClN3O4S. The molecule has 0 spiro atoms. The third-order valence-electron chi connectivity index (χ3n) is 4.70. The van der Waals surface area contributed by atoms with Gasteiger partial charge >= 0.3 is 10.1 Å². The molecule has 7 nitrogen and oxygen atoms in total. The van der Waals surface area contributed by atoms with Crippen LogP contribution in [0.3, 0.4) is 0 Å². The number of nitrogens with zero attached hydrogens (tertiary/aromatic N) is 2. The van der Waals surface area contributed by atoms with Crippen LogP contribution in [0.4, 0.5) is 0 Å². The number of imidazole rings is 1. The smallest absolute Gasteiger partial charge is 0.339 e. The summed E-state index contributed by atoms with van der Waals surface area (Å²) in [5.41, 5.74) is 2.44. The Labute approximate surface area is 209 Å². The van der Waals surface area contributed by atoms with Crippen LogP contribution in [-0.4, -0.2) is 25.0 Å². The summed E-state index contributed by atoms with van der Waals surface area (Å²) >= 11 is 9.23. The summed E-state index contributed by atoms with van der Waals surface area (Å²) in [5.74, 6) is 0.613. The molecule has 34 heavy (non-hydrogen) atoms. The fourth-order valence-corrected chi connectivity index (χ4v) is 4.91. The first-order chi connectivity index (χ1) is 16.3. The van der Waals surface area contributed by atoms with Crippen molar-refractivity contribution in [1.29, 1.82) is 5.26 Å². The highest BCUT2D eigenvalue weighted by Gasteiger charge is 2.22. The van der Waals surface area contributed by atoms with Crippen LogP contribution in [0.5, 0.6) is 11.5 Å². The molecule has 172 valence electrons. The molecule has 0 aliphatic rings. The highest BCUT2D eigenvalue weighted by Crippen LogP contribution is 2.39. The molecule has 3 aromatic carbocycles. The molecule has 0 atom stereocenters. The number of halogens is 2. The molecule has 0 fully saturated rings. The highest BCUT2D eigenvalue weighted by atomic mass is 79.9. The second-order valence-electron chi connectivity index (χ2n) is 7.03. The molecule has 1 heterocycles. The number of ether oxygens (including phenoxy) is 1. The number of allylic oxidation sites excluding steroid dienone is 1. The zero-order chi connectivity index (χ0) is 24.3. The van der Waals surface area contributed by atoms with Crippen molar-refractivity contribution in [1.82, 2.24) is 9.97 Å². The molecule has 10 heteroatoms. The van der Waals surface area contributed by atoms with Crippen molar-refractivity contribution in [2.75, 3.05) is 6.61 Å². The molecule has 0 saturated carbocycles. The van der Waals surface area contributed by atoms with Crippen LogP contribution in [0.25, 0.3) is 22.7 Å². The van der Waals surface area contributed by atoms with E-state index in [1.165, 1.54) is 24.3 Å². The maximum atomic E-state index is 12.8. The minimum atomic E-state index is -4.14. The number of nitrogens with one attached hydrogen (secondary N) is 1.